The topological polar surface area (TPSA) is 55.1 Å². The molecule has 0 bridgehead atoms. The zero-order chi connectivity index (χ0) is 11.8. The molecule has 0 spiro atoms. The molecule has 0 atom stereocenters. The van der Waals surface area contributed by atoms with Gasteiger partial charge in [0.15, 0.2) is 0 Å². The fraction of sp³-hybridized carbons (Fsp3) is 0.417. The Hall–Kier alpha value is -0.870. The second kappa shape index (κ2) is 4.18. The van der Waals surface area contributed by atoms with Crippen LogP contribution in [0.3, 0.4) is 0 Å². The van der Waals surface area contributed by atoms with Gasteiger partial charge in [0.25, 0.3) is 0 Å². The maximum absolute atomic E-state index is 11.9. The smallest absolute Gasteiger partial charge is 0.244 e. The third-order valence-electron chi connectivity index (χ3n) is 3.21. The van der Waals surface area contributed by atoms with Crippen LogP contribution in [0.15, 0.2) is 22.7 Å². The van der Waals surface area contributed by atoms with E-state index in [4.69, 9.17) is 5.73 Å². The molecular formula is C12H15BrN2O. The zero-order valence-electron chi connectivity index (χ0n) is 9.22. The van der Waals surface area contributed by atoms with E-state index in [1.807, 2.05) is 25.1 Å². The summed E-state index contributed by atoms with van der Waals surface area (Å²) in [7, 11) is 0. The molecule has 0 radical (unpaired) electrons. The second-order valence-corrected chi connectivity index (χ2v) is 5.23. The SMILES string of the molecule is Cc1c(Br)cccc1NC(=O)C1(N)CCC1. The highest BCUT2D eigenvalue weighted by atomic mass is 79.9. The van der Waals surface area contributed by atoms with Gasteiger partial charge in [0.05, 0.1) is 5.54 Å². The molecule has 86 valence electrons. The monoisotopic (exact) mass is 282 g/mol. The molecule has 1 aromatic rings. The van der Waals surface area contributed by atoms with E-state index in [1.54, 1.807) is 0 Å². The zero-order valence-corrected chi connectivity index (χ0v) is 10.8. The molecule has 0 heterocycles. The predicted octanol–water partition coefficient (Wildman–Crippen LogP) is 2.58. The Kier molecular flexibility index (Phi) is 3.04. The molecule has 3 nitrogen and oxygen atoms in total. The summed E-state index contributed by atoms with van der Waals surface area (Å²) in [5.74, 6) is -0.0695. The summed E-state index contributed by atoms with van der Waals surface area (Å²) < 4.78 is 0.991. The number of hydrogen-bond acceptors (Lipinski definition) is 2. The minimum Gasteiger partial charge on any atom is -0.324 e. The standard InChI is InChI=1S/C12H15BrN2O/c1-8-9(13)4-2-5-10(8)15-11(16)12(14)6-3-7-12/h2,4-5H,3,6-7,14H2,1H3,(H,15,16). The van der Waals surface area contributed by atoms with E-state index >= 15 is 0 Å². The van der Waals surface area contributed by atoms with Gasteiger partial charge < -0.3 is 11.1 Å². The van der Waals surface area contributed by atoms with Crippen LogP contribution < -0.4 is 11.1 Å². The molecule has 0 unspecified atom stereocenters. The van der Waals surface area contributed by atoms with Crippen LogP contribution in [-0.4, -0.2) is 11.4 Å². The van der Waals surface area contributed by atoms with Crippen molar-refractivity contribution in [2.24, 2.45) is 5.73 Å². The number of rotatable bonds is 2. The van der Waals surface area contributed by atoms with Gasteiger partial charge in [-0.05, 0) is 43.9 Å². The summed E-state index contributed by atoms with van der Waals surface area (Å²) in [6.45, 7) is 1.96. The van der Waals surface area contributed by atoms with Crippen molar-refractivity contribution in [1.29, 1.82) is 0 Å². The molecule has 4 heteroatoms. The first-order valence-electron chi connectivity index (χ1n) is 5.38. The molecule has 2 rings (SSSR count). The summed E-state index contributed by atoms with van der Waals surface area (Å²) >= 11 is 3.43. The quantitative estimate of drug-likeness (QED) is 0.876. The number of amides is 1. The van der Waals surface area contributed by atoms with Crippen molar-refractivity contribution in [3.8, 4) is 0 Å². The first kappa shape index (κ1) is 11.6. The molecule has 1 aromatic carbocycles. The summed E-state index contributed by atoms with van der Waals surface area (Å²) in [5, 5.41) is 2.90. The normalized spacial score (nSPS) is 17.7. The average Bonchev–Trinajstić information content (AvgIpc) is 2.21. The van der Waals surface area contributed by atoms with Crippen molar-refractivity contribution in [2.45, 2.75) is 31.7 Å². The van der Waals surface area contributed by atoms with Gasteiger partial charge in [0, 0.05) is 10.2 Å². The predicted molar refractivity (Wildman–Crippen MR) is 68.3 cm³/mol. The van der Waals surface area contributed by atoms with Gasteiger partial charge in [-0.15, -0.1) is 0 Å². The van der Waals surface area contributed by atoms with Crippen LogP contribution in [0.2, 0.25) is 0 Å². The van der Waals surface area contributed by atoms with Crippen molar-refractivity contribution in [3.05, 3.63) is 28.2 Å². The fourth-order valence-electron chi connectivity index (χ4n) is 1.77. The third kappa shape index (κ3) is 1.99. The van der Waals surface area contributed by atoms with Crippen LogP contribution in [0.5, 0.6) is 0 Å². The number of carbonyl (C=O) groups excluding carboxylic acids is 1. The highest BCUT2D eigenvalue weighted by Gasteiger charge is 2.40. The van der Waals surface area contributed by atoms with Gasteiger partial charge >= 0.3 is 0 Å². The average molecular weight is 283 g/mol. The van der Waals surface area contributed by atoms with Crippen molar-refractivity contribution < 1.29 is 4.79 Å². The largest absolute Gasteiger partial charge is 0.324 e. The molecule has 16 heavy (non-hydrogen) atoms. The van der Waals surface area contributed by atoms with Crippen molar-refractivity contribution >= 4 is 27.5 Å². The number of halogens is 1. The van der Waals surface area contributed by atoms with E-state index < -0.39 is 5.54 Å². The van der Waals surface area contributed by atoms with Gasteiger partial charge in [-0.3, -0.25) is 4.79 Å². The Bertz CT molecular complexity index is 427. The Labute approximate surface area is 104 Å². The highest BCUT2D eigenvalue weighted by molar-refractivity contribution is 9.10. The maximum Gasteiger partial charge on any atom is 0.244 e. The van der Waals surface area contributed by atoms with Gasteiger partial charge in [0.1, 0.15) is 0 Å². The minimum absolute atomic E-state index is 0.0695. The van der Waals surface area contributed by atoms with E-state index in [2.05, 4.69) is 21.2 Å². The van der Waals surface area contributed by atoms with Crippen molar-refractivity contribution in [3.63, 3.8) is 0 Å². The van der Waals surface area contributed by atoms with Crippen LogP contribution >= 0.6 is 15.9 Å². The van der Waals surface area contributed by atoms with Gasteiger partial charge in [0.2, 0.25) is 5.91 Å². The number of hydrogen-bond donors (Lipinski definition) is 2. The maximum atomic E-state index is 11.9. The second-order valence-electron chi connectivity index (χ2n) is 4.38. The number of anilines is 1. The summed E-state index contributed by atoms with van der Waals surface area (Å²) in [5.41, 5.74) is 7.17. The molecule has 0 aromatic heterocycles. The number of benzene rings is 1. The Morgan fingerprint density at radius 2 is 2.19 bits per heavy atom. The Morgan fingerprint density at radius 1 is 1.50 bits per heavy atom. The van der Waals surface area contributed by atoms with Crippen molar-refractivity contribution in [2.75, 3.05) is 5.32 Å². The van der Waals surface area contributed by atoms with Crippen LogP contribution in [0.1, 0.15) is 24.8 Å². The molecule has 1 fully saturated rings. The number of carbonyl (C=O) groups is 1. The third-order valence-corrected chi connectivity index (χ3v) is 4.07. The first-order valence-corrected chi connectivity index (χ1v) is 6.18. The molecule has 0 aliphatic heterocycles. The van der Waals surface area contributed by atoms with Gasteiger partial charge in [-0.2, -0.15) is 0 Å². The molecule has 1 aliphatic rings. The molecule has 1 aliphatic carbocycles. The van der Waals surface area contributed by atoms with Crippen LogP contribution in [0.4, 0.5) is 5.69 Å². The van der Waals surface area contributed by atoms with Crippen LogP contribution in [0.25, 0.3) is 0 Å². The summed E-state index contributed by atoms with van der Waals surface area (Å²) in [6, 6.07) is 5.74. The Balaban J connectivity index is 2.15. The summed E-state index contributed by atoms with van der Waals surface area (Å²) in [6.07, 6.45) is 2.61. The first-order chi connectivity index (χ1) is 7.53. The van der Waals surface area contributed by atoms with Crippen LogP contribution in [-0.2, 0) is 4.79 Å². The molecular weight excluding hydrogens is 268 g/mol. The lowest BCUT2D eigenvalue weighted by atomic mass is 9.77. The summed E-state index contributed by atoms with van der Waals surface area (Å²) in [4.78, 5) is 11.9. The van der Waals surface area contributed by atoms with E-state index in [1.165, 1.54) is 0 Å². The molecule has 1 saturated carbocycles. The van der Waals surface area contributed by atoms with E-state index in [0.29, 0.717) is 0 Å². The lowest BCUT2D eigenvalue weighted by Gasteiger charge is -2.36. The molecule has 0 saturated heterocycles. The van der Waals surface area contributed by atoms with E-state index in [0.717, 1.165) is 35.0 Å². The van der Waals surface area contributed by atoms with Gasteiger partial charge in [-0.1, -0.05) is 22.0 Å². The lowest BCUT2D eigenvalue weighted by molar-refractivity contribution is -0.123. The number of nitrogens with two attached hydrogens (primary N) is 1. The number of nitrogens with one attached hydrogen (secondary N) is 1. The van der Waals surface area contributed by atoms with Crippen molar-refractivity contribution in [1.82, 2.24) is 0 Å². The van der Waals surface area contributed by atoms with E-state index in [-0.39, 0.29) is 5.91 Å². The fourth-order valence-corrected chi connectivity index (χ4v) is 2.14. The lowest BCUT2D eigenvalue weighted by Crippen LogP contribution is -2.56. The Morgan fingerprint density at radius 3 is 2.75 bits per heavy atom. The molecule has 1 amide bonds. The van der Waals surface area contributed by atoms with Gasteiger partial charge in [-0.25, -0.2) is 0 Å². The van der Waals surface area contributed by atoms with Crippen LogP contribution in [0, 0.1) is 6.92 Å². The minimum atomic E-state index is -0.644. The highest BCUT2D eigenvalue weighted by Crippen LogP contribution is 2.31. The molecule has 3 N–H and O–H groups in total. The van der Waals surface area contributed by atoms with E-state index in [9.17, 15) is 4.79 Å².